The van der Waals surface area contributed by atoms with E-state index in [0.29, 0.717) is 12.5 Å². The number of nitrogens with zero attached hydrogens (tertiary/aromatic N) is 3. The van der Waals surface area contributed by atoms with Crippen molar-refractivity contribution in [2.75, 3.05) is 18.4 Å². The van der Waals surface area contributed by atoms with Crippen molar-refractivity contribution in [2.45, 2.75) is 46.0 Å². The van der Waals surface area contributed by atoms with Gasteiger partial charge in [-0.3, -0.25) is 0 Å². The second kappa shape index (κ2) is 6.70. The van der Waals surface area contributed by atoms with Gasteiger partial charge in [0.2, 0.25) is 0 Å². The summed E-state index contributed by atoms with van der Waals surface area (Å²) in [4.78, 5) is 4.66. The number of nitrogens with two attached hydrogens (primary N) is 1. The van der Waals surface area contributed by atoms with Gasteiger partial charge in [0.15, 0.2) is 5.65 Å². The van der Waals surface area contributed by atoms with Crippen LogP contribution in [0.15, 0.2) is 12.1 Å². The highest BCUT2D eigenvalue weighted by Crippen LogP contribution is 2.24. The van der Waals surface area contributed by atoms with Crippen molar-refractivity contribution in [3.8, 4) is 0 Å². The van der Waals surface area contributed by atoms with Crippen LogP contribution in [0.4, 0.5) is 5.82 Å². The van der Waals surface area contributed by atoms with Crippen LogP contribution in [0.5, 0.6) is 0 Å². The standard InChI is InChI=1S/C15H25N5/c1-4-11(5-2)13-10-15-18-12(6-3)9-14(17-8-7-16)20(15)19-13/h9-11,17H,4-8,16H2,1-3H3. The number of hydrogen-bond acceptors (Lipinski definition) is 4. The van der Waals surface area contributed by atoms with Crippen molar-refractivity contribution < 1.29 is 0 Å². The number of rotatable bonds is 7. The Hall–Kier alpha value is -1.62. The van der Waals surface area contributed by atoms with Crippen molar-refractivity contribution in [1.82, 2.24) is 14.6 Å². The maximum absolute atomic E-state index is 5.58. The van der Waals surface area contributed by atoms with Crippen LogP contribution in [-0.4, -0.2) is 27.7 Å². The van der Waals surface area contributed by atoms with E-state index in [4.69, 9.17) is 10.8 Å². The quantitative estimate of drug-likeness (QED) is 0.815. The first-order valence-electron chi connectivity index (χ1n) is 7.56. The Morgan fingerprint density at radius 1 is 1.25 bits per heavy atom. The summed E-state index contributed by atoms with van der Waals surface area (Å²) in [5, 5.41) is 8.07. The molecular weight excluding hydrogens is 250 g/mol. The molecule has 2 aromatic rings. The van der Waals surface area contributed by atoms with Gasteiger partial charge in [-0.2, -0.15) is 9.61 Å². The lowest BCUT2D eigenvalue weighted by atomic mass is 10.00. The molecule has 0 unspecified atom stereocenters. The van der Waals surface area contributed by atoms with E-state index in [1.54, 1.807) is 0 Å². The Bertz CT molecular complexity index is 557. The molecule has 0 aromatic carbocycles. The molecule has 110 valence electrons. The molecule has 0 aliphatic carbocycles. The zero-order valence-corrected chi connectivity index (χ0v) is 12.7. The van der Waals surface area contributed by atoms with Gasteiger partial charge in [0.05, 0.1) is 5.69 Å². The smallest absolute Gasteiger partial charge is 0.157 e. The lowest BCUT2D eigenvalue weighted by Gasteiger charge is -2.09. The number of hydrogen-bond donors (Lipinski definition) is 2. The van der Waals surface area contributed by atoms with Gasteiger partial charge in [0.1, 0.15) is 5.82 Å². The number of fused-ring (bicyclic) bond motifs is 1. The van der Waals surface area contributed by atoms with Gasteiger partial charge in [-0.15, -0.1) is 0 Å². The summed E-state index contributed by atoms with van der Waals surface area (Å²) < 4.78 is 1.91. The molecule has 2 heterocycles. The van der Waals surface area contributed by atoms with Crippen LogP contribution >= 0.6 is 0 Å². The van der Waals surface area contributed by atoms with E-state index in [9.17, 15) is 0 Å². The van der Waals surface area contributed by atoms with Crippen molar-refractivity contribution in [3.63, 3.8) is 0 Å². The summed E-state index contributed by atoms with van der Waals surface area (Å²) >= 11 is 0. The number of aromatic nitrogens is 3. The molecule has 20 heavy (non-hydrogen) atoms. The third-order valence-corrected chi connectivity index (χ3v) is 3.72. The highest BCUT2D eigenvalue weighted by atomic mass is 15.3. The molecule has 0 saturated heterocycles. The van der Waals surface area contributed by atoms with Crippen LogP contribution < -0.4 is 11.1 Å². The highest BCUT2D eigenvalue weighted by Gasteiger charge is 2.14. The lowest BCUT2D eigenvalue weighted by molar-refractivity contribution is 0.616. The third-order valence-electron chi connectivity index (χ3n) is 3.72. The molecular formula is C15H25N5. The van der Waals surface area contributed by atoms with Crippen molar-refractivity contribution >= 4 is 11.5 Å². The summed E-state index contributed by atoms with van der Waals surface area (Å²) in [5.41, 5.74) is 8.71. The first-order valence-corrected chi connectivity index (χ1v) is 7.56. The largest absolute Gasteiger partial charge is 0.369 e. The van der Waals surface area contributed by atoms with Crippen molar-refractivity contribution in [2.24, 2.45) is 5.73 Å². The zero-order chi connectivity index (χ0) is 14.5. The van der Waals surface area contributed by atoms with E-state index in [1.807, 2.05) is 4.52 Å². The van der Waals surface area contributed by atoms with Crippen LogP contribution in [0.1, 0.15) is 50.9 Å². The minimum atomic E-state index is 0.504. The fourth-order valence-corrected chi connectivity index (χ4v) is 2.46. The summed E-state index contributed by atoms with van der Waals surface area (Å²) in [6.07, 6.45) is 3.12. The highest BCUT2D eigenvalue weighted by molar-refractivity contribution is 5.51. The normalized spacial score (nSPS) is 11.4. The van der Waals surface area contributed by atoms with E-state index < -0.39 is 0 Å². The molecule has 0 aliphatic heterocycles. The Kier molecular flexibility index (Phi) is 4.95. The second-order valence-electron chi connectivity index (χ2n) is 5.05. The molecule has 0 atom stereocenters. The van der Waals surface area contributed by atoms with Crippen molar-refractivity contribution in [3.05, 3.63) is 23.5 Å². The third kappa shape index (κ3) is 2.93. The first-order chi connectivity index (χ1) is 9.73. The Morgan fingerprint density at radius 2 is 2.00 bits per heavy atom. The first kappa shape index (κ1) is 14.8. The Morgan fingerprint density at radius 3 is 2.60 bits per heavy atom. The Balaban J connectivity index is 2.47. The maximum atomic E-state index is 5.58. The van der Waals surface area contributed by atoms with E-state index >= 15 is 0 Å². The zero-order valence-electron chi connectivity index (χ0n) is 12.7. The summed E-state index contributed by atoms with van der Waals surface area (Å²) in [6.45, 7) is 7.87. The van der Waals surface area contributed by atoms with Gasteiger partial charge in [-0.05, 0) is 19.3 Å². The SMILES string of the molecule is CCc1cc(NCCN)n2nc(C(CC)CC)cc2n1. The lowest BCUT2D eigenvalue weighted by Crippen LogP contribution is -2.16. The molecule has 0 fully saturated rings. The molecule has 3 N–H and O–H groups in total. The maximum Gasteiger partial charge on any atom is 0.157 e. The van der Waals surface area contributed by atoms with Crippen LogP contribution in [0.3, 0.4) is 0 Å². The van der Waals surface area contributed by atoms with Gasteiger partial charge in [0, 0.05) is 36.8 Å². The molecule has 5 nitrogen and oxygen atoms in total. The van der Waals surface area contributed by atoms with Crippen molar-refractivity contribution in [1.29, 1.82) is 0 Å². The minimum Gasteiger partial charge on any atom is -0.369 e. The molecule has 0 bridgehead atoms. The number of anilines is 1. The summed E-state index contributed by atoms with van der Waals surface area (Å²) in [5.74, 6) is 1.48. The van der Waals surface area contributed by atoms with Crippen LogP contribution in [0, 0.1) is 0 Å². The Labute approximate surface area is 120 Å². The van der Waals surface area contributed by atoms with E-state index in [1.165, 1.54) is 0 Å². The molecule has 0 saturated carbocycles. The topological polar surface area (TPSA) is 68.2 Å². The minimum absolute atomic E-state index is 0.504. The summed E-state index contributed by atoms with van der Waals surface area (Å²) in [7, 11) is 0. The van der Waals surface area contributed by atoms with E-state index in [-0.39, 0.29) is 0 Å². The van der Waals surface area contributed by atoms with Gasteiger partial charge in [0.25, 0.3) is 0 Å². The summed E-state index contributed by atoms with van der Waals surface area (Å²) in [6, 6.07) is 4.18. The molecule has 0 amide bonds. The second-order valence-corrected chi connectivity index (χ2v) is 5.05. The van der Waals surface area contributed by atoms with E-state index in [0.717, 1.165) is 48.7 Å². The fraction of sp³-hybridized carbons (Fsp3) is 0.600. The molecule has 2 aromatic heterocycles. The molecule has 0 spiro atoms. The molecule has 0 radical (unpaired) electrons. The monoisotopic (exact) mass is 275 g/mol. The van der Waals surface area contributed by atoms with Gasteiger partial charge in [-0.25, -0.2) is 4.98 Å². The molecule has 0 aliphatic rings. The number of nitrogens with one attached hydrogen (secondary N) is 1. The predicted octanol–water partition coefficient (Wildman–Crippen LogP) is 2.57. The average Bonchev–Trinajstić information content (AvgIpc) is 2.89. The van der Waals surface area contributed by atoms with Crippen LogP contribution in [0.2, 0.25) is 0 Å². The fourth-order valence-electron chi connectivity index (χ4n) is 2.46. The van der Waals surface area contributed by atoms with Crippen LogP contribution in [-0.2, 0) is 6.42 Å². The van der Waals surface area contributed by atoms with Gasteiger partial charge < -0.3 is 11.1 Å². The average molecular weight is 275 g/mol. The van der Waals surface area contributed by atoms with Gasteiger partial charge in [-0.1, -0.05) is 20.8 Å². The van der Waals surface area contributed by atoms with Crippen LogP contribution in [0.25, 0.3) is 5.65 Å². The van der Waals surface area contributed by atoms with E-state index in [2.05, 4.69) is 43.2 Å². The molecule has 2 rings (SSSR count). The predicted molar refractivity (Wildman–Crippen MR) is 83.2 cm³/mol. The number of aryl methyl sites for hydroxylation is 1. The molecule has 5 heteroatoms. The van der Waals surface area contributed by atoms with Gasteiger partial charge >= 0.3 is 0 Å².